The first-order valence-corrected chi connectivity index (χ1v) is 5.54. The lowest BCUT2D eigenvalue weighted by Crippen LogP contribution is -2.30. The van der Waals surface area contributed by atoms with Crippen molar-refractivity contribution in [3.8, 4) is 5.75 Å². The van der Waals surface area contributed by atoms with Crippen LogP contribution in [0, 0.1) is 13.8 Å². The maximum atomic E-state index is 5.77. The van der Waals surface area contributed by atoms with Crippen LogP contribution in [0.1, 0.15) is 24.5 Å². The predicted molar refractivity (Wildman–Crippen MR) is 64.5 cm³/mol. The van der Waals surface area contributed by atoms with Crippen molar-refractivity contribution in [1.82, 2.24) is 5.32 Å². The van der Waals surface area contributed by atoms with E-state index in [2.05, 4.69) is 38.2 Å². The number of aryl methyl sites for hydroxylation is 2. The van der Waals surface area contributed by atoms with Gasteiger partial charge in [0.2, 0.25) is 0 Å². The normalized spacial score (nSPS) is 12.5. The predicted octanol–water partition coefficient (Wildman–Crippen LogP) is 2.68. The van der Waals surface area contributed by atoms with Crippen molar-refractivity contribution < 1.29 is 4.74 Å². The van der Waals surface area contributed by atoms with Gasteiger partial charge in [-0.15, -0.1) is 0 Å². The molecule has 2 nitrogen and oxygen atoms in total. The molecule has 15 heavy (non-hydrogen) atoms. The molecule has 0 aliphatic carbocycles. The molecular formula is C13H21NO. The fourth-order valence-electron chi connectivity index (χ4n) is 1.56. The Balaban J connectivity index is 2.57. The van der Waals surface area contributed by atoms with Crippen molar-refractivity contribution in [2.45, 2.75) is 33.2 Å². The van der Waals surface area contributed by atoms with Crippen LogP contribution in [-0.2, 0) is 0 Å². The van der Waals surface area contributed by atoms with Crippen LogP contribution in [0.4, 0.5) is 0 Å². The van der Waals surface area contributed by atoms with Crippen molar-refractivity contribution in [2.75, 3.05) is 13.7 Å². The molecule has 0 amide bonds. The number of hydrogen-bond acceptors (Lipinski definition) is 2. The molecule has 0 fully saturated rings. The summed E-state index contributed by atoms with van der Waals surface area (Å²) in [6.07, 6.45) is 1.08. The highest BCUT2D eigenvalue weighted by molar-refractivity contribution is 5.35. The number of rotatable bonds is 5. The Morgan fingerprint density at radius 1 is 1.33 bits per heavy atom. The summed E-state index contributed by atoms with van der Waals surface area (Å²) in [4.78, 5) is 0. The molecule has 1 N–H and O–H groups in total. The number of benzene rings is 1. The van der Waals surface area contributed by atoms with Gasteiger partial charge in [0.25, 0.3) is 0 Å². The highest BCUT2D eigenvalue weighted by Gasteiger charge is 2.05. The smallest absolute Gasteiger partial charge is 0.122 e. The fraction of sp³-hybridized carbons (Fsp3) is 0.538. The summed E-state index contributed by atoms with van der Waals surface area (Å²) < 4.78 is 5.77. The Morgan fingerprint density at radius 3 is 2.60 bits per heavy atom. The molecule has 0 aromatic heterocycles. The van der Waals surface area contributed by atoms with Crippen LogP contribution >= 0.6 is 0 Å². The number of nitrogens with one attached hydrogen (secondary N) is 1. The van der Waals surface area contributed by atoms with E-state index < -0.39 is 0 Å². The average molecular weight is 207 g/mol. The zero-order valence-corrected chi connectivity index (χ0v) is 10.1. The summed E-state index contributed by atoms with van der Waals surface area (Å²) in [5.41, 5.74) is 2.49. The lowest BCUT2D eigenvalue weighted by molar-refractivity contribution is 0.265. The van der Waals surface area contributed by atoms with E-state index in [-0.39, 0.29) is 0 Å². The third-order valence-corrected chi connectivity index (χ3v) is 2.67. The van der Waals surface area contributed by atoms with E-state index in [9.17, 15) is 0 Å². The van der Waals surface area contributed by atoms with Crippen molar-refractivity contribution in [2.24, 2.45) is 0 Å². The number of hydrogen-bond donors (Lipinski definition) is 1. The van der Waals surface area contributed by atoms with Crippen LogP contribution in [0.5, 0.6) is 5.75 Å². The highest BCUT2D eigenvalue weighted by atomic mass is 16.5. The average Bonchev–Trinajstić information content (AvgIpc) is 2.22. The van der Waals surface area contributed by atoms with Gasteiger partial charge in [0.05, 0.1) is 0 Å². The van der Waals surface area contributed by atoms with Gasteiger partial charge in [-0.2, -0.15) is 0 Å². The molecule has 1 atom stereocenters. The standard InChI is InChI=1S/C13H21NO/c1-5-12(14-4)9-15-13-7-6-10(2)8-11(13)3/h6-8,12,14H,5,9H2,1-4H3. The molecular weight excluding hydrogens is 186 g/mol. The molecule has 84 valence electrons. The topological polar surface area (TPSA) is 21.3 Å². The van der Waals surface area contributed by atoms with Gasteiger partial charge in [-0.3, -0.25) is 0 Å². The summed E-state index contributed by atoms with van der Waals surface area (Å²) in [5.74, 6) is 0.995. The number of likely N-dealkylation sites (N-methyl/N-ethyl adjacent to an activating group) is 1. The molecule has 1 aromatic carbocycles. The molecule has 0 heterocycles. The van der Waals surface area contributed by atoms with Gasteiger partial charge in [0.15, 0.2) is 0 Å². The molecule has 1 rings (SSSR count). The van der Waals surface area contributed by atoms with Crippen molar-refractivity contribution >= 4 is 0 Å². The zero-order valence-electron chi connectivity index (χ0n) is 10.1. The first-order chi connectivity index (χ1) is 7.17. The Bertz CT molecular complexity index is 305. The third kappa shape index (κ3) is 3.56. The lowest BCUT2D eigenvalue weighted by atomic mass is 10.1. The molecule has 1 aromatic rings. The molecule has 1 unspecified atom stereocenters. The van der Waals surface area contributed by atoms with Crippen LogP contribution in [0.2, 0.25) is 0 Å². The minimum Gasteiger partial charge on any atom is -0.492 e. The van der Waals surface area contributed by atoms with Gasteiger partial charge in [-0.25, -0.2) is 0 Å². The van der Waals surface area contributed by atoms with Crippen LogP contribution in [0.3, 0.4) is 0 Å². The van der Waals surface area contributed by atoms with Gasteiger partial charge in [-0.1, -0.05) is 24.6 Å². The van der Waals surface area contributed by atoms with E-state index in [1.807, 2.05) is 13.1 Å². The fourth-order valence-corrected chi connectivity index (χ4v) is 1.56. The second-order valence-electron chi connectivity index (χ2n) is 3.97. The summed E-state index contributed by atoms with van der Waals surface area (Å²) in [5, 5.41) is 3.23. The van der Waals surface area contributed by atoms with Gasteiger partial charge >= 0.3 is 0 Å². The molecule has 0 spiro atoms. The SMILES string of the molecule is CCC(COc1ccc(C)cc1C)NC. The first-order valence-electron chi connectivity index (χ1n) is 5.54. The summed E-state index contributed by atoms with van der Waals surface area (Å²) >= 11 is 0. The van der Waals surface area contributed by atoms with Crippen LogP contribution in [0.25, 0.3) is 0 Å². The van der Waals surface area contributed by atoms with E-state index >= 15 is 0 Å². The first kappa shape index (κ1) is 12.1. The van der Waals surface area contributed by atoms with Crippen molar-refractivity contribution in [1.29, 1.82) is 0 Å². The molecule has 0 saturated heterocycles. The molecule has 0 bridgehead atoms. The minimum absolute atomic E-state index is 0.436. The molecule has 0 aliphatic rings. The van der Waals surface area contributed by atoms with E-state index in [4.69, 9.17) is 4.74 Å². The maximum Gasteiger partial charge on any atom is 0.122 e. The van der Waals surface area contributed by atoms with E-state index in [1.54, 1.807) is 0 Å². The van der Waals surface area contributed by atoms with Gasteiger partial charge in [0.1, 0.15) is 12.4 Å². The monoisotopic (exact) mass is 207 g/mol. The van der Waals surface area contributed by atoms with E-state index in [0.717, 1.165) is 18.8 Å². The summed E-state index contributed by atoms with van der Waals surface area (Å²) in [7, 11) is 1.97. The maximum absolute atomic E-state index is 5.77. The highest BCUT2D eigenvalue weighted by Crippen LogP contribution is 2.18. The summed E-state index contributed by atoms with van der Waals surface area (Å²) in [6.45, 7) is 7.07. The van der Waals surface area contributed by atoms with Gasteiger partial charge in [-0.05, 0) is 38.9 Å². The van der Waals surface area contributed by atoms with Crippen molar-refractivity contribution in [3.63, 3.8) is 0 Å². The second kappa shape index (κ2) is 5.76. The lowest BCUT2D eigenvalue weighted by Gasteiger charge is -2.16. The van der Waals surface area contributed by atoms with Crippen molar-refractivity contribution in [3.05, 3.63) is 29.3 Å². The zero-order chi connectivity index (χ0) is 11.3. The van der Waals surface area contributed by atoms with Gasteiger partial charge < -0.3 is 10.1 Å². The van der Waals surface area contributed by atoms with E-state index in [1.165, 1.54) is 11.1 Å². The number of ether oxygens (including phenoxy) is 1. The molecule has 0 aliphatic heterocycles. The Morgan fingerprint density at radius 2 is 2.07 bits per heavy atom. The second-order valence-corrected chi connectivity index (χ2v) is 3.97. The molecule has 2 heteroatoms. The Kier molecular flexibility index (Phi) is 4.63. The third-order valence-electron chi connectivity index (χ3n) is 2.67. The van der Waals surface area contributed by atoms with Crippen LogP contribution < -0.4 is 10.1 Å². The molecule has 0 radical (unpaired) electrons. The summed E-state index contributed by atoms with van der Waals surface area (Å²) in [6, 6.07) is 6.72. The van der Waals surface area contributed by atoms with Crippen LogP contribution in [0.15, 0.2) is 18.2 Å². The Labute approximate surface area is 92.6 Å². The largest absolute Gasteiger partial charge is 0.492 e. The minimum atomic E-state index is 0.436. The van der Waals surface area contributed by atoms with Crippen LogP contribution in [-0.4, -0.2) is 19.7 Å². The van der Waals surface area contributed by atoms with E-state index in [0.29, 0.717) is 6.04 Å². The van der Waals surface area contributed by atoms with Gasteiger partial charge in [0, 0.05) is 6.04 Å². The molecule has 0 saturated carbocycles. The quantitative estimate of drug-likeness (QED) is 0.801. The Hall–Kier alpha value is -1.02.